The fraction of sp³-hybridized carbons (Fsp3) is 0.261. The van der Waals surface area contributed by atoms with Gasteiger partial charge in [0.25, 0.3) is 0 Å². The van der Waals surface area contributed by atoms with Gasteiger partial charge >= 0.3 is 0 Å². The second kappa shape index (κ2) is 9.52. The minimum absolute atomic E-state index is 0.0994. The summed E-state index contributed by atoms with van der Waals surface area (Å²) >= 11 is 6.04. The SMILES string of the molecule is CC/C(N)=C1/NCCC(Nc2ccc(Cl)cc2)c2cc(/C(C=N)=C/NC)ccc21. The van der Waals surface area contributed by atoms with Gasteiger partial charge in [0.2, 0.25) is 0 Å². The molecule has 1 heterocycles. The van der Waals surface area contributed by atoms with Gasteiger partial charge in [-0.05, 0) is 54.3 Å². The number of nitrogens with one attached hydrogen (secondary N) is 4. The lowest BCUT2D eigenvalue weighted by Crippen LogP contribution is -2.17. The number of anilines is 1. The highest BCUT2D eigenvalue weighted by Crippen LogP contribution is 2.34. The Hall–Kier alpha value is -2.92. The molecule has 0 bridgehead atoms. The van der Waals surface area contributed by atoms with Crippen LogP contribution >= 0.6 is 11.6 Å². The van der Waals surface area contributed by atoms with Crippen molar-refractivity contribution in [2.45, 2.75) is 25.8 Å². The van der Waals surface area contributed by atoms with Gasteiger partial charge in [0.05, 0.1) is 11.7 Å². The molecular weight excluding hydrogens is 382 g/mol. The smallest absolute Gasteiger partial charge is 0.0608 e. The Balaban J connectivity index is 2.10. The molecule has 2 aromatic rings. The molecule has 2 aromatic carbocycles. The van der Waals surface area contributed by atoms with Crippen LogP contribution in [0, 0.1) is 5.41 Å². The lowest BCUT2D eigenvalue weighted by Gasteiger charge is -2.22. The predicted molar refractivity (Wildman–Crippen MR) is 124 cm³/mol. The molecule has 0 amide bonds. The molecule has 0 saturated carbocycles. The first-order chi connectivity index (χ1) is 14.1. The Morgan fingerprint density at radius 2 is 2.03 bits per heavy atom. The second-order valence-electron chi connectivity index (χ2n) is 7.01. The Morgan fingerprint density at radius 1 is 1.28 bits per heavy atom. The van der Waals surface area contributed by atoms with Gasteiger partial charge in [-0.2, -0.15) is 0 Å². The van der Waals surface area contributed by atoms with Crippen LogP contribution in [0.3, 0.4) is 0 Å². The van der Waals surface area contributed by atoms with E-state index in [1.165, 1.54) is 6.21 Å². The molecule has 3 rings (SSSR count). The van der Waals surface area contributed by atoms with Crippen molar-refractivity contribution in [1.82, 2.24) is 10.6 Å². The fourth-order valence-electron chi connectivity index (χ4n) is 3.57. The monoisotopic (exact) mass is 409 g/mol. The summed E-state index contributed by atoms with van der Waals surface area (Å²) in [5.41, 5.74) is 13.3. The summed E-state index contributed by atoms with van der Waals surface area (Å²) in [6.45, 7) is 2.88. The van der Waals surface area contributed by atoms with Crippen molar-refractivity contribution in [1.29, 1.82) is 5.41 Å². The maximum atomic E-state index is 7.77. The minimum atomic E-state index is 0.0994. The predicted octanol–water partition coefficient (Wildman–Crippen LogP) is 4.73. The van der Waals surface area contributed by atoms with Gasteiger partial charge in [-0.3, -0.25) is 0 Å². The number of hydrogen-bond donors (Lipinski definition) is 5. The van der Waals surface area contributed by atoms with Crippen LogP contribution in [-0.2, 0) is 0 Å². The van der Waals surface area contributed by atoms with Gasteiger partial charge < -0.3 is 27.1 Å². The average molecular weight is 410 g/mol. The highest BCUT2D eigenvalue weighted by atomic mass is 35.5. The van der Waals surface area contributed by atoms with Crippen LogP contribution in [0.15, 0.2) is 54.4 Å². The van der Waals surface area contributed by atoms with Crippen LogP contribution in [0.4, 0.5) is 5.69 Å². The summed E-state index contributed by atoms with van der Waals surface area (Å²) in [6.07, 6.45) is 4.88. The first-order valence-corrected chi connectivity index (χ1v) is 10.2. The first-order valence-electron chi connectivity index (χ1n) is 9.84. The topological polar surface area (TPSA) is 86.0 Å². The standard InChI is InChI=1S/C23H28ClN5/c1-3-21(26)23-19-9-4-15(16(13-25)14-27-2)12-20(19)22(10-11-28-23)29-18-7-5-17(24)6-8-18/h4-9,12-14,22,25,27-29H,3,10-11,26H2,1-2H3/b16-14+,23-21-,25-13?. The lowest BCUT2D eigenvalue weighted by molar-refractivity contribution is 0.682. The van der Waals surface area contributed by atoms with Crippen molar-refractivity contribution in [3.63, 3.8) is 0 Å². The van der Waals surface area contributed by atoms with Gasteiger partial charge in [-0.25, -0.2) is 0 Å². The number of nitrogens with two attached hydrogens (primary N) is 1. The van der Waals surface area contributed by atoms with Crippen LogP contribution in [0.1, 0.15) is 42.5 Å². The Labute approximate surface area is 177 Å². The number of allylic oxidation sites excluding steroid dienone is 2. The maximum absolute atomic E-state index is 7.77. The molecule has 29 heavy (non-hydrogen) atoms. The fourth-order valence-corrected chi connectivity index (χ4v) is 3.70. The van der Waals surface area contributed by atoms with Crippen LogP contribution in [0.25, 0.3) is 11.3 Å². The average Bonchev–Trinajstić information content (AvgIpc) is 2.92. The van der Waals surface area contributed by atoms with E-state index in [1.54, 1.807) is 0 Å². The van der Waals surface area contributed by atoms with E-state index in [1.807, 2.05) is 43.6 Å². The molecule has 1 unspecified atom stereocenters. The van der Waals surface area contributed by atoms with E-state index >= 15 is 0 Å². The zero-order chi connectivity index (χ0) is 20.8. The number of halogens is 1. The van der Waals surface area contributed by atoms with E-state index in [4.69, 9.17) is 22.7 Å². The summed E-state index contributed by atoms with van der Waals surface area (Å²) in [4.78, 5) is 0. The van der Waals surface area contributed by atoms with E-state index in [0.717, 1.165) is 63.8 Å². The number of hydrogen-bond acceptors (Lipinski definition) is 5. The van der Waals surface area contributed by atoms with Crippen LogP contribution in [-0.4, -0.2) is 19.8 Å². The molecule has 152 valence electrons. The normalized spacial score (nSPS) is 18.2. The summed E-state index contributed by atoms with van der Waals surface area (Å²) < 4.78 is 0. The molecule has 1 atom stereocenters. The highest BCUT2D eigenvalue weighted by molar-refractivity contribution is 6.30. The zero-order valence-electron chi connectivity index (χ0n) is 16.9. The molecule has 5 nitrogen and oxygen atoms in total. The van der Waals surface area contributed by atoms with Crippen LogP contribution in [0.2, 0.25) is 5.02 Å². The summed E-state index contributed by atoms with van der Waals surface area (Å²) in [7, 11) is 1.84. The zero-order valence-corrected chi connectivity index (χ0v) is 17.6. The second-order valence-corrected chi connectivity index (χ2v) is 7.44. The quantitative estimate of drug-likeness (QED) is 0.446. The molecule has 0 radical (unpaired) electrons. The number of rotatable bonds is 6. The van der Waals surface area contributed by atoms with E-state index in [2.05, 4.69) is 35.0 Å². The third-order valence-corrected chi connectivity index (χ3v) is 5.36. The molecule has 0 aliphatic carbocycles. The molecule has 0 spiro atoms. The van der Waals surface area contributed by atoms with E-state index in [0.29, 0.717) is 0 Å². The molecule has 6 N–H and O–H groups in total. The Morgan fingerprint density at radius 3 is 2.69 bits per heavy atom. The van der Waals surface area contributed by atoms with Crippen molar-refractivity contribution >= 4 is 34.8 Å². The third-order valence-electron chi connectivity index (χ3n) is 5.11. The molecule has 1 aliphatic heterocycles. The molecule has 0 fully saturated rings. The minimum Gasteiger partial charge on any atom is -0.400 e. The van der Waals surface area contributed by atoms with Crippen molar-refractivity contribution < 1.29 is 0 Å². The number of fused-ring (bicyclic) bond motifs is 1. The molecule has 6 heteroatoms. The molecular formula is C23H28ClN5. The van der Waals surface area contributed by atoms with Crippen molar-refractivity contribution in [2.75, 3.05) is 18.9 Å². The van der Waals surface area contributed by atoms with E-state index < -0.39 is 0 Å². The Bertz CT molecular complexity index is 931. The molecule has 0 aromatic heterocycles. The largest absolute Gasteiger partial charge is 0.400 e. The highest BCUT2D eigenvalue weighted by Gasteiger charge is 2.23. The van der Waals surface area contributed by atoms with Gasteiger partial charge in [0.15, 0.2) is 0 Å². The third kappa shape index (κ3) is 4.74. The molecule has 0 saturated heterocycles. The van der Waals surface area contributed by atoms with Crippen LogP contribution < -0.4 is 21.7 Å². The van der Waals surface area contributed by atoms with E-state index in [9.17, 15) is 0 Å². The summed E-state index contributed by atoms with van der Waals surface area (Å²) in [5.74, 6) is 0. The van der Waals surface area contributed by atoms with Gasteiger partial charge in [-0.15, -0.1) is 0 Å². The van der Waals surface area contributed by atoms with Crippen LogP contribution in [0.5, 0.6) is 0 Å². The van der Waals surface area contributed by atoms with Crippen molar-refractivity contribution in [3.05, 3.63) is 76.1 Å². The first kappa shape index (κ1) is 20.8. The summed E-state index contributed by atoms with van der Waals surface area (Å²) in [6, 6.07) is 14.2. The van der Waals surface area contributed by atoms with Gasteiger partial charge in [0, 0.05) is 53.6 Å². The molecule has 1 aliphatic rings. The van der Waals surface area contributed by atoms with E-state index in [-0.39, 0.29) is 6.04 Å². The summed E-state index contributed by atoms with van der Waals surface area (Å²) in [5, 5.41) is 18.7. The van der Waals surface area contributed by atoms with Gasteiger partial charge in [0.1, 0.15) is 0 Å². The van der Waals surface area contributed by atoms with Gasteiger partial charge in [-0.1, -0.05) is 30.7 Å². The maximum Gasteiger partial charge on any atom is 0.0608 e. The Kier molecular flexibility index (Phi) is 6.83. The van der Waals surface area contributed by atoms with Crippen molar-refractivity contribution in [2.24, 2.45) is 5.73 Å². The lowest BCUT2D eigenvalue weighted by atomic mass is 9.92. The number of benzene rings is 2. The van der Waals surface area contributed by atoms with Crippen molar-refractivity contribution in [3.8, 4) is 0 Å².